The third-order valence-corrected chi connectivity index (χ3v) is 2.02. The number of hydrogen-bond donors (Lipinski definition) is 2. The first-order chi connectivity index (χ1) is 6.77. The topological polar surface area (TPSA) is 52.0 Å². The summed E-state index contributed by atoms with van der Waals surface area (Å²) in [6.07, 6.45) is 1.72. The van der Waals surface area contributed by atoms with Crippen LogP contribution in [0.25, 0.3) is 0 Å². The molecule has 1 aromatic carbocycles. The monoisotopic (exact) mass is 188 g/mol. The highest BCUT2D eigenvalue weighted by molar-refractivity contribution is 5.57. The van der Waals surface area contributed by atoms with Crippen molar-refractivity contribution in [1.29, 1.82) is 0 Å². The molecule has 0 bridgehead atoms. The molecule has 0 aliphatic carbocycles. The normalized spacial score (nSPS) is 9.29. The summed E-state index contributed by atoms with van der Waals surface area (Å²) < 4.78 is 0. The Labute approximate surface area is 85.3 Å². The van der Waals surface area contributed by atoms with Crippen molar-refractivity contribution in [3.05, 3.63) is 29.3 Å². The van der Waals surface area contributed by atoms with E-state index in [1.807, 2.05) is 18.2 Å². The number of nitrogens with two attached hydrogens (primary N) is 2. The quantitative estimate of drug-likeness (QED) is 0.546. The minimum Gasteiger partial charge on any atom is -0.398 e. The second-order valence-electron chi connectivity index (χ2n) is 3.12. The number of aryl methyl sites for hydroxylation is 1. The van der Waals surface area contributed by atoms with E-state index < -0.39 is 0 Å². The average molecular weight is 188 g/mol. The third-order valence-electron chi connectivity index (χ3n) is 2.02. The zero-order valence-electron chi connectivity index (χ0n) is 8.51. The smallest absolute Gasteiger partial charge is 0.0477 e. The SMILES string of the molecule is CCc1ccc(N)c(C#CCCN)c1. The molecule has 1 rings (SSSR count). The lowest BCUT2D eigenvalue weighted by molar-refractivity contribution is 1.03. The molecule has 0 atom stereocenters. The Morgan fingerprint density at radius 2 is 2.14 bits per heavy atom. The summed E-state index contributed by atoms with van der Waals surface area (Å²) in [6, 6.07) is 5.98. The maximum Gasteiger partial charge on any atom is 0.0477 e. The van der Waals surface area contributed by atoms with E-state index >= 15 is 0 Å². The highest BCUT2D eigenvalue weighted by atomic mass is 14.6. The summed E-state index contributed by atoms with van der Waals surface area (Å²) >= 11 is 0. The fourth-order valence-electron chi connectivity index (χ4n) is 1.16. The molecule has 0 radical (unpaired) electrons. The Morgan fingerprint density at radius 1 is 1.36 bits per heavy atom. The van der Waals surface area contributed by atoms with E-state index in [0.29, 0.717) is 6.54 Å². The van der Waals surface area contributed by atoms with Gasteiger partial charge in [-0.1, -0.05) is 24.8 Å². The van der Waals surface area contributed by atoms with Gasteiger partial charge in [-0.2, -0.15) is 0 Å². The fourth-order valence-corrected chi connectivity index (χ4v) is 1.16. The van der Waals surface area contributed by atoms with Crippen LogP contribution in [0.1, 0.15) is 24.5 Å². The van der Waals surface area contributed by atoms with Crippen LogP contribution in [0.3, 0.4) is 0 Å². The molecule has 0 saturated carbocycles. The first kappa shape index (κ1) is 10.6. The highest BCUT2D eigenvalue weighted by Crippen LogP contribution is 2.13. The second kappa shape index (κ2) is 5.31. The molecule has 0 aromatic heterocycles. The van der Waals surface area contributed by atoms with Gasteiger partial charge in [0.05, 0.1) is 0 Å². The van der Waals surface area contributed by atoms with Crippen molar-refractivity contribution in [3.63, 3.8) is 0 Å². The predicted molar refractivity (Wildman–Crippen MR) is 60.8 cm³/mol. The highest BCUT2D eigenvalue weighted by Gasteiger charge is 1.96. The lowest BCUT2D eigenvalue weighted by atomic mass is 10.1. The molecular weight excluding hydrogens is 172 g/mol. The van der Waals surface area contributed by atoms with Crippen molar-refractivity contribution in [1.82, 2.24) is 0 Å². The van der Waals surface area contributed by atoms with Gasteiger partial charge in [0.15, 0.2) is 0 Å². The van der Waals surface area contributed by atoms with Gasteiger partial charge in [0.2, 0.25) is 0 Å². The van der Waals surface area contributed by atoms with Crippen LogP contribution < -0.4 is 11.5 Å². The summed E-state index contributed by atoms with van der Waals surface area (Å²) in [5.74, 6) is 6.02. The second-order valence-corrected chi connectivity index (χ2v) is 3.12. The molecule has 0 aliphatic heterocycles. The van der Waals surface area contributed by atoms with Gasteiger partial charge < -0.3 is 11.5 Å². The van der Waals surface area contributed by atoms with Crippen LogP contribution in [0.4, 0.5) is 5.69 Å². The van der Waals surface area contributed by atoms with E-state index in [1.165, 1.54) is 5.56 Å². The maximum absolute atomic E-state index is 5.79. The summed E-state index contributed by atoms with van der Waals surface area (Å²) in [4.78, 5) is 0. The van der Waals surface area contributed by atoms with Gasteiger partial charge >= 0.3 is 0 Å². The van der Waals surface area contributed by atoms with E-state index in [4.69, 9.17) is 11.5 Å². The minimum atomic E-state index is 0.598. The minimum absolute atomic E-state index is 0.598. The molecule has 0 spiro atoms. The average Bonchev–Trinajstić information content (AvgIpc) is 2.21. The van der Waals surface area contributed by atoms with Crippen molar-refractivity contribution in [2.45, 2.75) is 19.8 Å². The molecule has 74 valence electrons. The van der Waals surface area contributed by atoms with E-state index in [2.05, 4.69) is 18.8 Å². The standard InChI is InChI=1S/C12H16N2/c1-2-10-6-7-12(14)11(9-10)5-3-4-8-13/h6-7,9H,2,4,8,13-14H2,1H3. The Hall–Kier alpha value is -1.46. The Bertz CT molecular complexity index is 358. The molecule has 0 fully saturated rings. The Morgan fingerprint density at radius 3 is 2.79 bits per heavy atom. The van der Waals surface area contributed by atoms with Crippen molar-refractivity contribution in [3.8, 4) is 11.8 Å². The largest absolute Gasteiger partial charge is 0.398 e. The van der Waals surface area contributed by atoms with Gasteiger partial charge in [-0.15, -0.1) is 0 Å². The van der Waals surface area contributed by atoms with Crippen LogP contribution in [0.5, 0.6) is 0 Å². The molecule has 0 saturated heterocycles. The number of hydrogen-bond acceptors (Lipinski definition) is 2. The van der Waals surface area contributed by atoms with Crippen LogP contribution in [0, 0.1) is 11.8 Å². The van der Waals surface area contributed by atoms with Crippen molar-refractivity contribution in [2.24, 2.45) is 5.73 Å². The van der Waals surface area contributed by atoms with Gasteiger partial charge in [-0.3, -0.25) is 0 Å². The summed E-state index contributed by atoms with van der Waals surface area (Å²) in [5, 5.41) is 0. The molecule has 0 amide bonds. The van der Waals surface area contributed by atoms with Crippen LogP contribution >= 0.6 is 0 Å². The maximum atomic E-state index is 5.79. The number of nitrogen functional groups attached to an aromatic ring is 1. The van der Waals surface area contributed by atoms with E-state index in [9.17, 15) is 0 Å². The van der Waals surface area contributed by atoms with Crippen LogP contribution in [0.2, 0.25) is 0 Å². The van der Waals surface area contributed by atoms with Gasteiger partial charge in [0.1, 0.15) is 0 Å². The summed E-state index contributed by atoms with van der Waals surface area (Å²) in [5.41, 5.74) is 14.1. The first-order valence-electron chi connectivity index (χ1n) is 4.85. The number of anilines is 1. The lowest BCUT2D eigenvalue weighted by Gasteiger charge is -2.01. The van der Waals surface area contributed by atoms with Gasteiger partial charge in [0.25, 0.3) is 0 Å². The molecule has 14 heavy (non-hydrogen) atoms. The number of benzene rings is 1. The predicted octanol–water partition coefficient (Wildman–Crippen LogP) is 1.53. The Kier molecular flexibility index (Phi) is 4.03. The molecule has 2 nitrogen and oxygen atoms in total. The van der Waals surface area contributed by atoms with Crippen molar-refractivity contribution >= 4 is 5.69 Å². The van der Waals surface area contributed by atoms with Gasteiger partial charge in [-0.05, 0) is 24.1 Å². The van der Waals surface area contributed by atoms with Crippen molar-refractivity contribution in [2.75, 3.05) is 12.3 Å². The zero-order chi connectivity index (χ0) is 10.4. The van der Waals surface area contributed by atoms with Crippen LogP contribution in [-0.4, -0.2) is 6.54 Å². The Balaban J connectivity index is 2.91. The molecule has 4 N–H and O–H groups in total. The lowest BCUT2D eigenvalue weighted by Crippen LogP contribution is -1.96. The van der Waals surface area contributed by atoms with E-state index in [1.54, 1.807) is 0 Å². The molecule has 0 unspecified atom stereocenters. The van der Waals surface area contributed by atoms with E-state index in [-0.39, 0.29) is 0 Å². The van der Waals surface area contributed by atoms with Gasteiger partial charge in [0, 0.05) is 24.2 Å². The zero-order valence-corrected chi connectivity index (χ0v) is 8.51. The van der Waals surface area contributed by atoms with Crippen molar-refractivity contribution < 1.29 is 0 Å². The first-order valence-corrected chi connectivity index (χ1v) is 4.85. The molecule has 0 heterocycles. The third kappa shape index (κ3) is 2.79. The fraction of sp³-hybridized carbons (Fsp3) is 0.333. The van der Waals surface area contributed by atoms with E-state index in [0.717, 1.165) is 24.1 Å². The summed E-state index contributed by atoms with van der Waals surface area (Å²) in [6.45, 7) is 2.71. The molecule has 0 aliphatic rings. The van der Waals surface area contributed by atoms with Gasteiger partial charge in [-0.25, -0.2) is 0 Å². The van der Waals surface area contributed by atoms with Crippen LogP contribution in [-0.2, 0) is 6.42 Å². The molecule has 2 heteroatoms. The molecule has 1 aromatic rings. The number of rotatable bonds is 2. The summed E-state index contributed by atoms with van der Waals surface area (Å²) in [7, 11) is 0. The molecular formula is C12H16N2. The van der Waals surface area contributed by atoms with Crippen LogP contribution in [0.15, 0.2) is 18.2 Å².